The van der Waals surface area contributed by atoms with Gasteiger partial charge in [-0.2, -0.15) is 10.4 Å². The van der Waals surface area contributed by atoms with Gasteiger partial charge in [-0.1, -0.05) is 23.4 Å². The minimum absolute atomic E-state index is 0.0971. The number of thioether (sulfide) groups is 1. The standard InChI is InChI=1S/C21H14ClF3N4O3S/c22-11-3-16(14(4-26)27-6-11)33-21-19(30)18(20-15(32-21)8-31-20)29-7-10(5-28-29)9-1-12(23)17(25)13(24)2-9/h1-3,5-7,15,18-21,30H,8H2. The molecule has 0 amide bonds. The Morgan fingerprint density at radius 3 is 2.61 bits per heavy atom. The van der Waals surface area contributed by atoms with Crippen molar-refractivity contribution in [2.45, 2.75) is 34.7 Å². The van der Waals surface area contributed by atoms with E-state index in [4.69, 9.17) is 21.1 Å². The van der Waals surface area contributed by atoms with E-state index in [0.29, 0.717) is 22.1 Å². The molecular weight excluding hydrogens is 481 g/mol. The van der Waals surface area contributed by atoms with E-state index in [1.807, 2.05) is 6.07 Å². The van der Waals surface area contributed by atoms with E-state index in [0.717, 1.165) is 23.9 Å². The third-order valence-corrected chi connectivity index (χ3v) is 6.88. The summed E-state index contributed by atoms with van der Waals surface area (Å²) in [4.78, 5) is 4.44. The number of nitriles is 1. The molecule has 0 aliphatic carbocycles. The molecule has 5 rings (SSSR count). The Hall–Kier alpha value is -2.62. The summed E-state index contributed by atoms with van der Waals surface area (Å²) in [5.74, 6) is -4.18. The molecule has 2 fully saturated rings. The number of benzene rings is 1. The van der Waals surface area contributed by atoms with Crippen molar-refractivity contribution >= 4 is 23.4 Å². The van der Waals surface area contributed by atoms with Crippen molar-refractivity contribution in [1.82, 2.24) is 14.8 Å². The summed E-state index contributed by atoms with van der Waals surface area (Å²) in [5.41, 5.74) is -0.219. The van der Waals surface area contributed by atoms with E-state index in [1.54, 1.807) is 6.07 Å². The fourth-order valence-electron chi connectivity index (χ4n) is 3.83. The van der Waals surface area contributed by atoms with E-state index in [-0.39, 0.29) is 17.4 Å². The first-order valence-corrected chi connectivity index (χ1v) is 11.0. The van der Waals surface area contributed by atoms with Gasteiger partial charge in [0.05, 0.1) is 17.8 Å². The van der Waals surface area contributed by atoms with Crippen LogP contribution in [0.5, 0.6) is 0 Å². The summed E-state index contributed by atoms with van der Waals surface area (Å²) < 4.78 is 53.6. The molecule has 0 radical (unpaired) electrons. The number of aliphatic hydroxyl groups excluding tert-OH is 1. The van der Waals surface area contributed by atoms with E-state index in [2.05, 4.69) is 10.1 Å². The van der Waals surface area contributed by atoms with Gasteiger partial charge in [0.2, 0.25) is 0 Å². The van der Waals surface area contributed by atoms with Crippen LogP contribution in [0.15, 0.2) is 41.7 Å². The number of nitrogens with zero attached hydrogens (tertiary/aromatic N) is 4. The fraction of sp³-hybridized carbons (Fsp3) is 0.286. The second kappa shape index (κ2) is 8.62. The summed E-state index contributed by atoms with van der Waals surface area (Å²) in [6.45, 7) is 0.312. The van der Waals surface area contributed by atoms with Crippen LogP contribution in [0.3, 0.4) is 0 Å². The van der Waals surface area contributed by atoms with E-state index in [9.17, 15) is 23.5 Å². The smallest absolute Gasteiger partial charge is 0.194 e. The van der Waals surface area contributed by atoms with Gasteiger partial charge >= 0.3 is 0 Å². The van der Waals surface area contributed by atoms with Gasteiger partial charge < -0.3 is 14.6 Å². The largest absolute Gasteiger partial charge is 0.387 e. The van der Waals surface area contributed by atoms with Gasteiger partial charge in [-0.3, -0.25) is 4.68 Å². The zero-order valence-corrected chi connectivity index (χ0v) is 18.1. The number of fused-ring (bicyclic) bond motifs is 1. The van der Waals surface area contributed by atoms with Crippen molar-refractivity contribution in [1.29, 1.82) is 5.26 Å². The van der Waals surface area contributed by atoms with Gasteiger partial charge in [0.1, 0.15) is 35.9 Å². The van der Waals surface area contributed by atoms with Crippen molar-refractivity contribution in [2.24, 2.45) is 0 Å². The fourth-order valence-corrected chi connectivity index (χ4v) is 5.20. The second-order valence-electron chi connectivity index (χ2n) is 7.51. The Morgan fingerprint density at radius 2 is 1.94 bits per heavy atom. The highest BCUT2D eigenvalue weighted by Gasteiger charge is 2.52. The van der Waals surface area contributed by atoms with Crippen molar-refractivity contribution in [3.05, 3.63) is 65.0 Å². The summed E-state index contributed by atoms with van der Waals surface area (Å²) in [7, 11) is 0. The number of aromatic nitrogens is 3. The zero-order valence-electron chi connectivity index (χ0n) is 16.5. The molecule has 0 spiro atoms. The Balaban J connectivity index is 1.44. The molecule has 3 aromatic rings. The molecule has 5 atom stereocenters. The van der Waals surface area contributed by atoms with Crippen molar-refractivity contribution in [3.8, 4) is 17.2 Å². The number of hydrogen-bond donors (Lipinski definition) is 1. The average molecular weight is 495 g/mol. The van der Waals surface area contributed by atoms with Gasteiger partial charge in [-0.05, 0) is 23.8 Å². The molecule has 2 aliphatic heterocycles. The van der Waals surface area contributed by atoms with Crippen LogP contribution in [0.4, 0.5) is 13.2 Å². The number of rotatable bonds is 4. The Labute approximate surface area is 194 Å². The monoisotopic (exact) mass is 494 g/mol. The first-order chi connectivity index (χ1) is 15.9. The highest BCUT2D eigenvalue weighted by atomic mass is 35.5. The highest BCUT2D eigenvalue weighted by Crippen LogP contribution is 2.43. The maximum Gasteiger partial charge on any atom is 0.194 e. The minimum Gasteiger partial charge on any atom is -0.387 e. The number of halogens is 4. The van der Waals surface area contributed by atoms with E-state index >= 15 is 0 Å². The number of pyridine rings is 1. The third kappa shape index (κ3) is 3.98. The molecule has 7 nitrogen and oxygen atoms in total. The van der Waals surface area contributed by atoms with Crippen molar-refractivity contribution in [2.75, 3.05) is 6.61 Å². The predicted octanol–water partition coefficient (Wildman–Crippen LogP) is 3.71. The van der Waals surface area contributed by atoms with E-state index in [1.165, 1.54) is 23.3 Å². The molecule has 2 saturated heterocycles. The second-order valence-corrected chi connectivity index (χ2v) is 9.09. The Bertz CT molecular complexity index is 1250. The minimum atomic E-state index is -1.55. The number of aliphatic hydroxyl groups is 1. The molecule has 1 aromatic carbocycles. The topological polar surface area (TPSA) is 93.2 Å². The zero-order chi connectivity index (χ0) is 23.3. The number of ether oxygens (including phenoxy) is 2. The molecule has 4 heterocycles. The molecule has 0 saturated carbocycles. The first-order valence-electron chi connectivity index (χ1n) is 9.72. The molecule has 5 unspecified atom stereocenters. The van der Waals surface area contributed by atoms with Crippen LogP contribution in [0, 0.1) is 28.8 Å². The van der Waals surface area contributed by atoms with Crippen molar-refractivity contribution < 1.29 is 27.8 Å². The number of hydrogen-bond acceptors (Lipinski definition) is 7. The van der Waals surface area contributed by atoms with E-state index < -0.39 is 41.1 Å². The molecule has 0 bridgehead atoms. The SMILES string of the molecule is N#Cc1ncc(Cl)cc1SC1OC2COC2C(n2cc(-c3cc(F)c(F)c(F)c3)cn2)C1O. The maximum absolute atomic E-state index is 13.7. The lowest BCUT2D eigenvalue weighted by molar-refractivity contribution is -0.266. The van der Waals surface area contributed by atoms with Crippen molar-refractivity contribution in [3.63, 3.8) is 0 Å². The van der Waals surface area contributed by atoms with Gasteiger partial charge in [0, 0.05) is 22.9 Å². The van der Waals surface area contributed by atoms with Crippen LogP contribution < -0.4 is 0 Å². The molecule has 2 aromatic heterocycles. The van der Waals surface area contributed by atoms with Crippen LogP contribution in [-0.2, 0) is 9.47 Å². The van der Waals surface area contributed by atoms with Crippen LogP contribution in [0.2, 0.25) is 5.02 Å². The highest BCUT2D eigenvalue weighted by molar-refractivity contribution is 7.99. The summed E-state index contributed by atoms with van der Waals surface area (Å²) in [5, 5.41) is 25.0. The normalized spacial score (nSPS) is 26.4. The van der Waals surface area contributed by atoms with Crippen LogP contribution in [0.1, 0.15) is 11.7 Å². The Morgan fingerprint density at radius 1 is 1.18 bits per heavy atom. The lowest BCUT2D eigenvalue weighted by Gasteiger charge is -2.50. The average Bonchev–Trinajstić information content (AvgIpc) is 3.26. The lowest BCUT2D eigenvalue weighted by atomic mass is 9.93. The van der Waals surface area contributed by atoms with Gasteiger partial charge in [0.15, 0.2) is 23.1 Å². The molecule has 1 N–H and O–H groups in total. The van der Waals surface area contributed by atoms with Gasteiger partial charge in [-0.25, -0.2) is 18.2 Å². The third-order valence-electron chi connectivity index (χ3n) is 5.49. The summed E-state index contributed by atoms with van der Waals surface area (Å²) in [6.07, 6.45) is 2.25. The predicted molar refractivity (Wildman–Crippen MR) is 111 cm³/mol. The molecule has 170 valence electrons. The quantitative estimate of drug-likeness (QED) is 0.553. The molecule has 2 aliphatic rings. The Kier molecular flexibility index (Phi) is 5.80. The molecule has 33 heavy (non-hydrogen) atoms. The lowest BCUT2D eigenvalue weighted by Crippen LogP contribution is -2.62. The molecular formula is C21H14ClF3N4O3S. The van der Waals surface area contributed by atoms with Gasteiger partial charge in [0.25, 0.3) is 0 Å². The molecule has 12 heteroatoms. The summed E-state index contributed by atoms with van der Waals surface area (Å²) in [6, 6.07) is 4.61. The maximum atomic E-state index is 13.7. The van der Waals surface area contributed by atoms with Crippen LogP contribution in [0.25, 0.3) is 11.1 Å². The van der Waals surface area contributed by atoms with Crippen LogP contribution >= 0.6 is 23.4 Å². The van der Waals surface area contributed by atoms with Crippen LogP contribution in [-0.4, -0.2) is 50.2 Å². The summed E-state index contributed by atoms with van der Waals surface area (Å²) >= 11 is 7.11. The first kappa shape index (κ1) is 22.2. The van der Waals surface area contributed by atoms with Gasteiger partial charge in [-0.15, -0.1) is 0 Å².